The fourth-order valence-corrected chi connectivity index (χ4v) is 3.40. The van der Waals surface area contributed by atoms with E-state index in [-0.39, 0.29) is 0 Å². The molecule has 0 amide bonds. The molecule has 0 spiro atoms. The molecule has 2 unspecified atom stereocenters. The van der Waals surface area contributed by atoms with Crippen LogP contribution in [0.15, 0.2) is 24.3 Å². The third kappa shape index (κ3) is 1.66. The summed E-state index contributed by atoms with van der Waals surface area (Å²) in [4.78, 5) is 0. The monoisotopic (exact) mass is 232 g/mol. The van der Waals surface area contributed by atoms with Gasteiger partial charge in [0.1, 0.15) is 5.75 Å². The Morgan fingerprint density at radius 1 is 1.35 bits per heavy atom. The van der Waals surface area contributed by atoms with Gasteiger partial charge in [0, 0.05) is 0 Å². The van der Waals surface area contributed by atoms with Crippen molar-refractivity contribution < 1.29 is 9.84 Å². The predicted octanol–water partition coefficient (Wildman–Crippen LogP) is 3.09. The van der Waals surface area contributed by atoms with Crippen LogP contribution in [0.4, 0.5) is 0 Å². The van der Waals surface area contributed by atoms with Gasteiger partial charge in [-0.1, -0.05) is 25.5 Å². The third-order valence-electron chi connectivity index (χ3n) is 4.31. The first-order chi connectivity index (χ1) is 8.26. The Morgan fingerprint density at radius 3 is 2.82 bits per heavy atom. The van der Waals surface area contributed by atoms with E-state index in [1.54, 1.807) is 0 Å². The molecule has 1 aromatic rings. The van der Waals surface area contributed by atoms with Crippen molar-refractivity contribution in [3.63, 3.8) is 0 Å². The van der Waals surface area contributed by atoms with Crippen molar-refractivity contribution in [3.05, 3.63) is 29.8 Å². The van der Waals surface area contributed by atoms with Crippen molar-refractivity contribution in [2.24, 2.45) is 11.8 Å². The van der Waals surface area contributed by atoms with E-state index < -0.39 is 5.60 Å². The summed E-state index contributed by atoms with van der Waals surface area (Å²) in [5, 5.41) is 10.7. The number of fused-ring (bicyclic) bond motifs is 1. The van der Waals surface area contributed by atoms with Gasteiger partial charge < -0.3 is 9.84 Å². The van der Waals surface area contributed by atoms with Gasteiger partial charge in [0.25, 0.3) is 0 Å². The molecule has 17 heavy (non-hydrogen) atoms. The fraction of sp³-hybridized carbons (Fsp3) is 0.600. The van der Waals surface area contributed by atoms with Gasteiger partial charge in [0.05, 0.1) is 12.2 Å². The van der Waals surface area contributed by atoms with Crippen LogP contribution >= 0.6 is 0 Å². The van der Waals surface area contributed by atoms with Gasteiger partial charge in [-0.05, 0) is 48.8 Å². The van der Waals surface area contributed by atoms with Gasteiger partial charge >= 0.3 is 0 Å². The van der Waals surface area contributed by atoms with E-state index in [0.717, 1.165) is 24.3 Å². The van der Waals surface area contributed by atoms with Crippen LogP contribution in [0.1, 0.15) is 38.2 Å². The minimum absolute atomic E-state index is 0.504. The number of ether oxygens (including phenoxy) is 1. The van der Waals surface area contributed by atoms with Crippen molar-refractivity contribution in [2.45, 2.75) is 38.2 Å². The van der Waals surface area contributed by atoms with Crippen LogP contribution in [0.2, 0.25) is 0 Å². The van der Waals surface area contributed by atoms with E-state index in [1.807, 2.05) is 24.3 Å². The van der Waals surface area contributed by atoms with Crippen molar-refractivity contribution in [3.8, 4) is 5.75 Å². The largest absolute Gasteiger partial charge is 0.494 e. The minimum atomic E-state index is -0.538. The highest BCUT2D eigenvalue weighted by molar-refractivity contribution is 5.38. The molecule has 2 nitrogen and oxygen atoms in total. The fourth-order valence-electron chi connectivity index (χ4n) is 3.40. The Balaban J connectivity index is 1.79. The summed E-state index contributed by atoms with van der Waals surface area (Å²) in [5.41, 5.74) is 0.518. The molecular formula is C15H20O2. The highest BCUT2D eigenvalue weighted by Gasteiger charge is 2.66. The molecule has 3 rings (SSSR count). The average Bonchev–Trinajstić information content (AvgIpc) is 2.77. The summed E-state index contributed by atoms with van der Waals surface area (Å²) in [7, 11) is 0. The van der Waals surface area contributed by atoms with Gasteiger partial charge in [0.15, 0.2) is 0 Å². The molecule has 0 heterocycles. The first kappa shape index (κ1) is 11.1. The van der Waals surface area contributed by atoms with Crippen molar-refractivity contribution in [2.75, 3.05) is 6.61 Å². The van der Waals surface area contributed by atoms with Gasteiger partial charge in [0.2, 0.25) is 0 Å². The third-order valence-corrected chi connectivity index (χ3v) is 4.31. The van der Waals surface area contributed by atoms with Gasteiger partial charge in [-0.15, -0.1) is 0 Å². The maximum Gasteiger partial charge on any atom is 0.119 e. The normalized spacial score (nSPS) is 34.5. The van der Waals surface area contributed by atoms with Gasteiger partial charge in [-0.25, -0.2) is 0 Å². The maximum atomic E-state index is 10.7. The van der Waals surface area contributed by atoms with Crippen molar-refractivity contribution in [1.82, 2.24) is 0 Å². The second kappa shape index (κ2) is 4.02. The van der Waals surface area contributed by atoms with Crippen molar-refractivity contribution >= 4 is 0 Å². The van der Waals surface area contributed by atoms with Crippen LogP contribution in [0.3, 0.4) is 0 Å². The Hall–Kier alpha value is -1.02. The standard InChI is InChI=1S/C15H20O2/c1-2-9-17-12-6-3-5-11(10-12)15(16)13-7-4-8-14(13)15/h3,5-6,10,13-14,16H,2,4,7-9H2,1H3. The lowest BCUT2D eigenvalue weighted by Gasteiger charge is -2.16. The summed E-state index contributed by atoms with van der Waals surface area (Å²) in [6.07, 6.45) is 4.66. The molecule has 92 valence electrons. The van der Waals surface area contributed by atoms with Gasteiger partial charge in [-0.3, -0.25) is 0 Å². The average molecular weight is 232 g/mol. The zero-order valence-electron chi connectivity index (χ0n) is 10.4. The Kier molecular flexibility index (Phi) is 2.62. The maximum absolute atomic E-state index is 10.7. The molecule has 2 atom stereocenters. The Labute approximate surface area is 103 Å². The molecule has 0 bridgehead atoms. The predicted molar refractivity (Wildman–Crippen MR) is 67.0 cm³/mol. The summed E-state index contributed by atoms with van der Waals surface area (Å²) < 4.78 is 5.63. The zero-order valence-corrected chi connectivity index (χ0v) is 10.4. The van der Waals surface area contributed by atoms with Crippen LogP contribution in [0.25, 0.3) is 0 Å². The second-order valence-electron chi connectivity index (χ2n) is 5.35. The van der Waals surface area contributed by atoms with E-state index in [0.29, 0.717) is 11.8 Å². The molecule has 1 aromatic carbocycles. The van der Waals surface area contributed by atoms with Crippen molar-refractivity contribution in [1.29, 1.82) is 0 Å². The molecule has 0 aliphatic heterocycles. The number of aliphatic hydroxyl groups is 1. The molecule has 0 radical (unpaired) electrons. The summed E-state index contributed by atoms with van der Waals surface area (Å²) >= 11 is 0. The quantitative estimate of drug-likeness (QED) is 0.864. The zero-order chi connectivity index (χ0) is 11.9. The Morgan fingerprint density at radius 2 is 2.12 bits per heavy atom. The number of hydrogen-bond donors (Lipinski definition) is 1. The highest BCUT2D eigenvalue weighted by atomic mass is 16.5. The molecule has 0 aromatic heterocycles. The molecular weight excluding hydrogens is 212 g/mol. The van der Waals surface area contributed by atoms with E-state index in [1.165, 1.54) is 19.3 Å². The SMILES string of the molecule is CCCOc1cccc(C2(O)C3CCCC32)c1. The molecule has 2 heteroatoms. The number of benzene rings is 1. The molecule has 2 aliphatic carbocycles. The second-order valence-corrected chi connectivity index (χ2v) is 5.35. The first-order valence-electron chi connectivity index (χ1n) is 6.72. The highest BCUT2D eigenvalue weighted by Crippen LogP contribution is 2.66. The first-order valence-corrected chi connectivity index (χ1v) is 6.72. The molecule has 2 aliphatic rings. The lowest BCUT2D eigenvalue weighted by molar-refractivity contribution is 0.105. The smallest absolute Gasteiger partial charge is 0.119 e. The Bertz CT molecular complexity index is 403. The van der Waals surface area contributed by atoms with E-state index >= 15 is 0 Å². The van der Waals surface area contributed by atoms with Gasteiger partial charge in [-0.2, -0.15) is 0 Å². The van der Waals surface area contributed by atoms with Crippen LogP contribution in [-0.2, 0) is 5.60 Å². The lowest BCUT2D eigenvalue weighted by atomic mass is 9.99. The molecule has 2 saturated carbocycles. The number of rotatable bonds is 4. The van der Waals surface area contributed by atoms with Crippen LogP contribution < -0.4 is 4.74 Å². The summed E-state index contributed by atoms with van der Waals surface area (Å²) in [6.45, 7) is 2.84. The van der Waals surface area contributed by atoms with Crippen LogP contribution in [0, 0.1) is 11.8 Å². The molecule has 1 N–H and O–H groups in total. The summed E-state index contributed by atoms with van der Waals surface area (Å²) in [5.74, 6) is 1.90. The minimum Gasteiger partial charge on any atom is -0.494 e. The topological polar surface area (TPSA) is 29.5 Å². The van der Waals surface area contributed by atoms with E-state index in [2.05, 4.69) is 6.92 Å². The van der Waals surface area contributed by atoms with E-state index in [4.69, 9.17) is 4.74 Å². The number of hydrogen-bond acceptors (Lipinski definition) is 2. The van der Waals surface area contributed by atoms with Crippen LogP contribution in [-0.4, -0.2) is 11.7 Å². The lowest BCUT2D eigenvalue weighted by Crippen LogP contribution is -2.13. The van der Waals surface area contributed by atoms with E-state index in [9.17, 15) is 5.11 Å². The summed E-state index contributed by atoms with van der Waals surface area (Å²) in [6, 6.07) is 8.03. The van der Waals surface area contributed by atoms with Crippen LogP contribution in [0.5, 0.6) is 5.75 Å². The molecule has 2 fully saturated rings. The molecule has 0 saturated heterocycles.